The van der Waals surface area contributed by atoms with Crippen LogP contribution in [0.1, 0.15) is 26.7 Å². The van der Waals surface area contributed by atoms with E-state index in [0.717, 1.165) is 0 Å². The fourth-order valence-corrected chi connectivity index (χ4v) is 3.61. The van der Waals surface area contributed by atoms with Crippen molar-refractivity contribution >= 4 is 21.6 Å². The van der Waals surface area contributed by atoms with Gasteiger partial charge in [-0.15, -0.1) is 0 Å². The summed E-state index contributed by atoms with van der Waals surface area (Å²) in [6.07, 6.45) is 2.65. The smallest absolute Gasteiger partial charge is 0.259 e. The van der Waals surface area contributed by atoms with E-state index in [-0.39, 0.29) is 23.2 Å². The normalized spacial score (nSPS) is 12.9. The number of rotatable bonds is 7. The van der Waals surface area contributed by atoms with Crippen molar-refractivity contribution in [1.29, 1.82) is 0 Å². The highest BCUT2D eigenvalue weighted by Crippen LogP contribution is 2.26. The minimum atomic E-state index is -3.73. The number of aryl methyl sites for hydroxylation is 1. The van der Waals surface area contributed by atoms with Crippen molar-refractivity contribution in [3.8, 4) is 0 Å². The van der Waals surface area contributed by atoms with Gasteiger partial charge in [0, 0.05) is 25.6 Å². The maximum Gasteiger partial charge on any atom is 0.259 e. The Morgan fingerprint density at radius 2 is 2.05 bits per heavy atom. The van der Waals surface area contributed by atoms with Gasteiger partial charge in [-0.25, -0.2) is 13.1 Å². The number of aliphatic hydroxyl groups excluding tert-OH is 1. The number of nitrogens with zero attached hydrogens (tertiary/aromatic N) is 2. The minimum Gasteiger partial charge on any atom is -0.396 e. The van der Waals surface area contributed by atoms with Crippen molar-refractivity contribution in [1.82, 2.24) is 14.5 Å². The molecular formula is C11H20ClN3O3S. The zero-order valence-corrected chi connectivity index (χ0v) is 12.9. The van der Waals surface area contributed by atoms with E-state index in [9.17, 15) is 13.5 Å². The van der Waals surface area contributed by atoms with Crippen LogP contribution in [0.5, 0.6) is 0 Å². The van der Waals surface area contributed by atoms with E-state index in [1.54, 1.807) is 0 Å². The first-order valence-corrected chi connectivity index (χ1v) is 7.96. The average molecular weight is 310 g/mol. The molecule has 0 spiro atoms. The molecule has 1 heterocycles. The summed E-state index contributed by atoms with van der Waals surface area (Å²) in [7, 11) is -2.22. The van der Waals surface area contributed by atoms with Crippen molar-refractivity contribution in [2.45, 2.75) is 31.7 Å². The molecule has 0 aromatic carbocycles. The van der Waals surface area contributed by atoms with Gasteiger partial charge in [0.25, 0.3) is 10.0 Å². The van der Waals surface area contributed by atoms with Crippen molar-refractivity contribution in [2.75, 3.05) is 13.2 Å². The van der Waals surface area contributed by atoms with Crippen molar-refractivity contribution in [3.63, 3.8) is 0 Å². The summed E-state index contributed by atoms with van der Waals surface area (Å²) in [4.78, 5) is 0. The summed E-state index contributed by atoms with van der Waals surface area (Å²) in [5.41, 5.74) is -0.446. The van der Waals surface area contributed by atoms with Gasteiger partial charge in [0.15, 0.2) is 5.03 Å². The third-order valence-corrected chi connectivity index (χ3v) is 5.48. The lowest BCUT2D eigenvalue weighted by Crippen LogP contribution is -2.39. The standard InChI is InChI=1S/C11H20ClN3O3S/c1-4-11(5-2,8-16)7-14-19(17,18)10-9(12)6-13-15(10)3/h6,14,16H,4-5,7-8H2,1-3H3. The van der Waals surface area contributed by atoms with Gasteiger partial charge in [-0.05, 0) is 12.8 Å². The van der Waals surface area contributed by atoms with Crippen LogP contribution in [0, 0.1) is 5.41 Å². The molecule has 0 unspecified atom stereocenters. The number of sulfonamides is 1. The van der Waals surface area contributed by atoms with Crippen LogP contribution < -0.4 is 4.72 Å². The number of halogens is 1. The Bertz CT molecular complexity index is 496. The van der Waals surface area contributed by atoms with Gasteiger partial charge in [-0.1, -0.05) is 25.4 Å². The topological polar surface area (TPSA) is 84.2 Å². The highest BCUT2D eigenvalue weighted by atomic mass is 35.5. The Kier molecular flexibility index (Phi) is 5.37. The number of hydrogen-bond acceptors (Lipinski definition) is 4. The summed E-state index contributed by atoms with van der Waals surface area (Å²) in [6.45, 7) is 3.94. The maximum atomic E-state index is 12.2. The van der Waals surface area contributed by atoms with Gasteiger partial charge in [0.1, 0.15) is 0 Å². The van der Waals surface area contributed by atoms with Crippen LogP contribution in [0.2, 0.25) is 5.02 Å². The molecule has 0 fully saturated rings. The number of aromatic nitrogens is 2. The van der Waals surface area contributed by atoms with Crippen LogP contribution >= 0.6 is 11.6 Å². The molecule has 0 bridgehead atoms. The lowest BCUT2D eigenvalue weighted by atomic mass is 9.84. The van der Waals surface area contributed by atoms with E-state index >= 15 is 0 Å². The Balaban J connectivity index is 2.93. The van der Waals surface area contributed by atoms with Gasteiger partial charge in [-0.3, -0.25) is 4.68 Å². The molecule has 0 aliphatic carbocycles. The first-order chi connectivity index (χ1) is 8.82. The van der Waals surface area contributed by atoms with Crippen LogP contribution in [-0.4, -0.2) is 36.5 Å². The Labute approximate surface area is 118 Å². The van der Waals surface area contributed by atoms with Gasteiger partial charge in [0.2, 0.25) is 0 Å². The molecular weight excluding hydrogens is 290 g/mol. The molecule has 1 aromatic rings. The van der Waals surface area contributed by atoms with Crippen LogP contribution in [0.15, 0.2) is 11.2 Å². The SMILES string of the molecule is CCC(CC)(CO)CNS(=O)(=O)c1c(Cl)cnn1C. The van der Waals surface area contributed by atoms with Crippen LogP contribution in [-0.2, 0) is 17.1 Å². The fourth-order valence-electron chi connectivity index (χ4n) is 1.80. The Morgan fingerprint density at radius 1 is 1.47 bits per heavy atom. The van der Waals surface area contributed by atoms with Crippen LogP contribution in [0.4, 0.5) is 0 Å². The zero-order chi connectivity index (χ0) is 14.7. The molecule has 0 saturated heterocycles. The van der Waals surface area contributed by atoms with Gasteiger partial charge in [0.05, 0.1) is 11.2 Å². The second-order valence-corrected chi connectivity index (χ2v) is 6.70. The van der Waals surface area contributed by atoms with Crippen LogP contribution in [0.25, 0.3) is 0 Å². The fraction of sp³-hybridized carbons (Fsp3) is 0.727. The van der Waals surface area contributed by atoms with E-state index in [1.165, 1.54) is 17.9 Å². The predicted octanol–water partition coefficient (Wildman–Crippen LogP) is 1.15. The van der Waals surface area contributed by atoms with Gasteiger partial charge in [-0.2, -0.15) is 5.10 Å². The van der Waals surface area contributed by atoms with Gasteiger partial charge >= 0.3 is 0 Å². The predicted molar refractivity (Wildman–Crippen MR) is 73.5 cm³/mol. The number of aliphatic hydroxyl groups is 1. The first kappa shape index (κ1) is 16.4. The molecule has 0 amide bonds. The summed E-state index contributed by atoms with van der Waals surface area (Å²) in [5, 5.41) is 13.3. The summed E-state index contributed by atoms with van der Waals surface area (Å²) in [6, 6.07) is 0. The van der Waals surface area contributed by atoms with Crippen LogP contribution in [0.3, 0.4) is 0 Å². The second-order valence-electron chi connectivity index (χ2n) is 4.61. The van der Waals surface area contributed by atoms with E-state index in [2.05, 4.69) is 9.82 Å². The van der Waals surface area contributed by atoms with Crippen molar-refractivity contribution < 1.29 is 13.5 Å². The molecule has 2 N–H and O–H groups in total. The Hall–Kier alpha value is -0.630. The third-order valence-electron chi connectivity index (χ3n) is 3.57. The summed E-state index contributed by atoms with van der Waals surface area (Å²) in [5.74, 6) is 0. The molecule has 0 atom stereocenters. The number of hydrogen-bond donors (Lipinski definition) is 2. The molecule has 0 aliphatic heterocycles. The lowest BCUT2D eigenvalue weighted by molar-refractivity contribution is 0.119. The monoisotopic (exact) mass is 309 g/mol. The number of nitrogens with one attached hydrogen (secondary N) is 1. The quantitative estimate of drug-likeness (QED) is 0.791. The van der Waals surface area contributed by atoms with E-state index in [4.69, 9.17) is 11.6 Å². The molecule has 6 nitrogen and oxygen atoms in total. The van der Waals surface area contributed by atoms with Crippen molar-refractivity contribution in [3.05, 3.63) is 11.2 Å². The molecule has 0 radical (unpaired) electrons. The van der Waals surface area contributed by atoms with E-state index in [0.29, 0.717) is 12.8 Å². The maximum absolute atomic E-state index is 12.2. The van der Waals surface area contributed by atoms with E-state index < -0.39 is 15.4 Å². The highest BCUT2D eigenvalue weighted by molar-refractivity contribution is 7.89. The Morgan fingerprint density at radius 3 is 2.42 bits per heavy atom. The minimum absolute atomic E-state index is 0.0618. The van der Waals surface area contributed by atoms with E-state index in [1.807, 2.05) is 13.8 Å². The summed E-state index contributed by atoms with van der Waals surface area (Å²) >= 11 is 5.83. The molecule has 0 aliphatic rings. The molecule has 1 rings (SSSR count). The largest absolute Gasteiger partial charge is 0.396 e. The molecule has 0 saturated carbocycles. The van der Waals surface area contributed by atoms with Crippen molar-refractivity contribution in [2.24, 2.45) is 12.5 Å². The molecule has 110 valence electrons. The zero-order valence-electron chi connectivity index (χ0n) is 11.4. The third kappa shape index (κ3) is 3.47. The second kappa shape index (κ2) is 6.21. The molecule has 1 aromatic heterocycles. The average Bonchev–Trinajstić information content (AvgIpc) is 2.72. The highest BCUT2D eigenvalue weighted by Gasteiger charge is 2.30. The molecule has 8 heteroatoms. The lowest BCUT2D eigenvalue weighted by Gasteiger charge is -2.29. The first-order valence-electron chi connectivity index (χ1n) is 6.10. The van der Waals surface area contributed by atoms with Gasteiger partial charge < -0.3 is 5.11 Å². The summed E-state index contributed by atoms with van der Waals surface area (Å²) < 4.78 is 28.1. The molecule has 19 heavy (non-hydrogen) atoms.